The van der Waals surface area contributed by atoms with Crippen molar-refractivity contribution in [2.45, 2.75) is 19.9 Å². The van der Waals surface area contributed by atoms with Crippen LogP contribution in [-0.2, 0) is 9.59 Å². The molecule has 0 spiro atoms. The van der Waals surface area contributed by atoms with Crippen molar-refractivity contribution < 1.29 is 28.9 Å². The number of amides is 1. The number of hydrogen-bond acceptors (Lipinski definition) is 7. The fourth-order valence-electron chi connectivity index (χ4n) is 4.50. The molecule has 200 valence electrons. The first-order valence-corrected chi connectivity index (χ1v) is 12.5. The van der Waals surface area contributed by atoms with Crippen LogP contribution in [0.25, 0.3) is 16.8 Å². The molecule has 3 aromatic carbocycles. The molecule has 2 heterocycles. The smallest absolute Gasteiger partial charge is 0.302 e. The van der Waals surface area contributed by atoms with Crippen molar-refractivity contribution >= 4 is 34.4 Å². The summed E-state index contributed by atoms with van der Waals surface area (Å²) in [6, 6.07) is 18.1. The number of Topliss-reactive ketones (excluding diaryl/α,β-unsaturated/α-hetero) is 1. The number of ether oxygens (including phenoxy) is 3. The highest BCUT2D eigenvalue weighted by Gasteiger charge is 2.48. The van der Waals surface area contributed by atoms with Gasteiger partial charge in [-0.25, -0.2) is 4.98 Å². The van der Waals surface area contributed by atoms with Crippen molar-refractivity contribution in [2.24, 2.45) is 5.92 Å². The Morgan fingerprint density at radius 3 is 2.23 bits per heavy atom. The molecule has 1 saturated heterocycles. The van der Waals surface area contributed by atoms with E-state index in [1.807, 2.05) is 0 Å². The average molecular weight is 528 g/mol. The van der Waals surface area contributed by atoms with E-state index in [9.17, 15) is 14.7 Å². The maximum absolute atomic E-state index is 13.5. The number of nitrogens with zero attached hydrogens (tertiary/aromatic N) is 2. The minimum Gasteiger partial charge on any atom is -0.507 e. The lowest BCUT2D eigenvalue weighted by Gasteiger charge is -2.23. The van der Waals surface area contributed by atoms with Gasteiger partial charge < -0.3 is 24.3 Å². The SMILES string of the molecule is COc1ccc(C2/C(=C(\O)c3ccc(OCC(C)C)cc3)C(=O)C(=O)N2c2nc3ccc(OC)cc3[nH]2)cc1. The topological polar surface area (TPSA) is 114 Å². The molecule has 1 aliphatic rings. The molecular formula is C30H29N3O6. The molecule has 5 rings (SSSR count). The second kappa shape index (κ2) is 10.5. The average Bonchev–Trinajstić information content (AvgIpc) is 3.49. The fourth-order valence-corrected chi connectivity index (χ4v) is 4.50. The number of aromatic amines is 1. The predicted molar refractivity (Wildman–Crippen MR) is 147 cm³/mol. The Morgan fingerprint density at radius 2 is 1.59 bits per heavy atom. The quantitative estimate of drug-likeness (QED) is 0.183. The van der Waals surface area contributed by atoms with Crippen LogP contribution in [0.2, 0.25) is 0 Å². The summed E-state index contributed by atoms with van der Waals surface area (Å²) in [6.45, 7) is 4.66. The van der Waals surface area contributed by atoms with Gasteiger partial charge in [-0.05, 0) is 60.0 Å². The number of aliphatic hydroxyl groups excluding tert-OH is 1. The monoisotopic (exact) mass is 527 g/mol. The molecule has 4 aromatic rings. The molecule has 1 unspecified atom stereocenters. The Labute approximate surface area is 225 Å². The molecule has 0 bridgehead atoms. The highest BCUT2D eigenvalue weighted by molar-refractivity contribution is 6.51. The summed E-state index contributed by atoms with van der Waals surface area (Å²) in [5, 5.41) is 11.4. The van der Waals surface area contributed by atoms with E-state index in [4.69, 9.17) is 14.2 Å². The van der Waals surface area contributed by atoms with Gasteiger partial charge >= 0.3 is 5.91 Å². The summed E-state index contributed by atoms with van der Waals surface area (Å²) >= 11 is 0. The van der Waals surface area contributed by atoms with Gasteiger partial charge in [-0.1, -0.05) is 26.0 Å². The minimum absolute atomic E-state index is 0.0425. The number of H-pyrrole nitrogens is 1. The maximum Gasteiger partial charge on any atom is 0.302 e. The Kier molecular flexibility index (Phi) is 6.98. The summed E-state index contributed by atoms with van der Waals surface area (Å²) < 4.78 is 16.3. The number of aromatic nitrogens is 2. The van der Waals surface area contributed by atoms with E-state index in [1.54, 1.807) is 80.9 Å². The molecule has 9 heteroatoms. The third-order valence-electron chi connectivity index (χ3n) is 6.49. The highest BCUT2D eigenvalue weighted by Crippen LogP contribution is 2.42. The number of imidazole rings is 1. The Morgan fingerprint density at radius 1 is 0.949 bits per heavy atom. The summed E-state index contributed by atoms with van der Waals surface area (Å²) in [7, 11) is 3.11. The van der Waals surface area contributed by atoms with E-state index < -0.39 is 17.7 Å². The van der Waals surface area contributed by atoms with Crippen LogP contribution >= 0.6 is 0 Å². The van der Waals surface area contributed by atoms with Gasteiger partial charge in [-0.2, -0.15) is 0 Å². The first kappa shape index (κ1) is 25.8. The van der Waals surface area contributed by atoms with E-state index >= 15 is 0 Å². The van der Waals surface area contributed by atoms with Crippen molar-refractivity contribution in [3.05, 3.63) is 83.4 Å². The second-order valence-corrected chi connectivity index (χ2v) is 9.61. The van der Waals surface area contributed by atoms with Gasteiger partial charge in [0.25, 0.3) is 5.78 Å². The van der Waals surface area contributed by atoms with Crippen LogP contribution in [0, 0.1) is 5.92 Å². The zero-order chi connectivity index (χ0) is 27.7. The van der Waals surface area contributed by atoms with Crippen LogP contribution < -0.4 is 19.1 Å². The largest absolute Gasteiger partial charge is 0.507 e. The van der Waals surface area contributed by atoms with Gasteiger partial charge in [0.2, 0.25) is 5.95 Å². The van der Waals surface area contributed by atoms with Crippen molar-refractivity contribution in [1.82, 2.24) is 9.97 Å². The molecule has 2 N–H and O–H groups in total. The van der Waals surface area contributed by atoms with E-state index in [0.29, 0.717) is 51.9 Å². The van der Waals surface area contributed by atoms with E-state index in [-0.39, 0.29) is 17.3 Å². The number of anilines is 1. The number of ketones is 1. The number of rotatable bonds is 8. The number of carbonyl (C=O) groups is 2. The van der Waals surface area contributed by atoms with Gasteiger partial charge in [0.15, 0.2) is 0 Å². The number of fused-ring (bicyclic) bond motifs is 1. The summed E-state index contributed by atoms with van der Waals surface area (Å²) in [5.74, 6) is 0.507. The fraction of sp³-hybridized carbons (Fsp3) is 0.233. The molecule has 1 atom stereocenters. The molecule has 9 nitrogen and oxygen atoms in total. The van der Waals surface area contributed by atoms with Gasteiger partial charge in [0, 0.05) is 11.6 Å². The minimum atomic E-state index is -0.935. The maximum atomic E-state index is 13.5. The lowest BCUT2D eigenvalue weighted by Crippen LogP contribution is -2.30. The normalized spacial score (nSPS) is 16.7. The zero-order valence-corrected chi connectivity index (χ0v) is 22.1. The molecule has 1 aliphatic heterocycles. The Bertz CT molecular complexity index is 1550. The van der Waals surface area contributed by atoms with Crippen molar-refractivity contribution in [3.8, 4) is 17.2 Å². The molecule has 39 heavy (non-hydrogen) atoms. The number of hydrogen-bond donors (Lipinski definition) is 2. The molecule has 0 saturated carbocycles. The summed E-state index contributed by atoms with van der Waals surface area (Å²) in [5.41, 5.74) is 2.18. The van der Waals surface area contributed by atoms with Crippen molar-refractivity contribution in [3.63, 3.8) is 0 Å². The zero-order valence-electron chi connectivity index (χ0n) is 22.1. The van der Waals surface area contributed by atoms with Crippen LogP contribution in [0.1, 0.15) is 31.0 Å². The molecule has 0 radical (unpaired) electrons. The standard InChI is InChI=1S/C30H29N3O6/c1-17(2)16-39-21-11-7-19(8-12-21)27(34)25-26(18-5-9-20(37-3)10-6-18)33(29(36)28(25)35)30-31-23-14-13-22(38-4)15-24(23)32-30/h5-15,17,26,34H,16H2,1-4H3,(H,31,32)/b27-25+. The van der Waals surface area contributed by atoms with Crippen LogP contribution in [0.4, 0.5) is 5.95 Å². The Balaban J connectivity index is 1.62. The first-order chi connectivity index (χ1) is 18.8. The summed E-state index contributed by atoms with van der Waals surface area (Å²) in [6.07, 6.45) is 0. The summed E-state index contributed by atoms with van der Waals surface area (Å²) in [4.78, 5) is 35.9. The number of carbonyl (C=O) groups excluding carboxylic acids is 2. The van der Waals surface area contributed by atoms with Crippen LogP contribution in [-0.4, -0.2) is 47.6 Å². The van der Waals surface area contributed by atoms with Gasteiger partial charge in [0.1, 0.15) is 23.0 Å². The van der Waals surface area contributed by atoms with Crippen LogP contribution in [0.5, 0.6) is 17.2 Å². The number of benzene rings is 3. The first-order valence-electron chi connectivity index (χ1n) is 12.5. The number of methoxy groups -OCH3 is 2. The van der Waals surface area contributed by atoms with Crippen molar-refractivity contribution in [1.29, 1.82) is 0 Å². The van der Waals surface area contributed by atoms with Gasteiger partial charge in [0.05, 0.1) is 43.5 Å². The number of aliphatic hydroxyl groups is 1. The molecule has 1 fully saturated rings. The highest BCUT2D eigenvalue weighted by atomic mass is 16.5. The van der Waals surface area contributed by atoms with Crippen LogP contribution in [0.3, 0.4) is 0 Å². The Hall–Kier alpha value is -4.79. The molecule has 1 aromatic heterocycles. The second-order valence-electron chi connectivity index (χ2n) is 9.61. The van der Waals surface area contributed by atoms with E-state index in [2.05, 4.69) is 23.8 Å². The molecule has 0 aliphatic carbocycles. The van der Waals surface area contributed by atoms with Crippen LogP contribution in [0.15, 0.2) is 72.3 Å². The lowest BCUT2D eigenvalue weighted by molar-refractivity contribution is -0.132. The van der Waals surface area contributed by atoms with Gasteiger partial charge in [-0.3, -0.25) is 14.5 Å². The third kappa shape index (κ3) is 4.90. The lowest BCUT2D eigenvalue weighted by atomic mass is 9.95. The third-order valence-corrected chi connectivity index (χ3v) is 6.49. The molecular weight excluding hydrogens is 498 g/mol. The van der Waals surface area contributed by atoms with E-state index in [1.165, 1.54) is 4.90 Å². The van der Waals surface area contributed by atoms with Gasteiger partial charge in [-0.15, -0.1) is 0 Å². The van der Waals surface area contributed by atoms with Crippen molar-refractivity contribution in [2.75, 3.05) is 25.7 Å². The molecule has 1 amide bonds. The number of nitrogens with one attached hydrogen (secondary N) is 1. The van der Waals surface area contributed by atoms with E-state index in [0.717, 1.165) is 0 Å². The predicted octanol–water partition coefficient (Wildman–Crippen LogP) is 5.24.